The second-order valence-electron chi connectivity index (χ2n) is 7.35. The van der Waals surface area contributed by atoms with Crippen LogP contribution in [0.25, 0.3) is 0 Å². The molecule has 0 saturated carbocycles. The number of carbonyl (C=O) groups excluding carboxylic acids is 1. The van der Waals surface area contributed by atoms with E-state index in [-0.39, 0.29) is 11.6 Å². The van der Waals surface area contributed by atoms with Crippen molar-refractivity contribution in [3.63, 3.8) is 0 Å². The Hall–Kier alpha value is -2.93. The van der Waals surface area contributed by atoms with E-state index < -0.39 is 22.7 Å². The number of hydrogen-bond acceptors (Lipinski definition) is 5. The lowest BCUT2D eigenvalue weighted by Gasteiger charge is -2.35. The summed E-state index contributed by atoms with van der Waals surface area (Å²) in [5.41, 5.74) is 6.11. The summed E-state index contributed by atoms with van der Waals surface area (Å²) in [4.78, 5) is 21.7. The molecule has 28 heavy (non-hydrogen) atoms. The van der Waals surface area contributed by atoms with Gasteiger partial charge in [0.25, 0.3) is 5.69 Å². The summed E-state index contributed by atoms with van der Waals surface area (Å²) in [5.74, 6) is -0.176. The van der Waals surface area contributed by atoms with E-state index in [9.17, 15) is 20.0 Å². The van der Waals surface area contributed by atoms with Gasteiger partial charge >= 0.3 is 6.09 Å². The molecule has 2 aromatic rings. The van der Waals surface area contributed by atoms with E-state index in [0.29, 0.717) is 19.3 Å². The van der Waals surface area contributed by atoms with E-state index in [0.717, 1.165) is 11.1 Å². The van der Waals surface area contributed by atoms with Gasteiger partial charge in [-0.05, 0) is 44.2 Å². The average molecular weight is 386 g/mol. The van der Waals surface area contributed by atoms with Gasteiger partial charge in [0.1, 0.15) is 5.60 Å². The molecule has 2 unspecified atom stereocenters. The molecule has 0 aliphatic carbocycles. The van der Waals surface area contributed by atoms with Crippen molar-refractivity contribution in [1.29, 1.82) is 0 Å². The zero-order chi connectivity index (χ0) is 20.7. The number of nitrogens with zero attached hydrogens (tertiary/aromatic N) is 1. The fourth-order valence-electron chi connectivity index (χ4n) is 3.30. The molecule has 0 spiro atoms. The van der Waals surface area contributed by atoms with Gasteiger partial charge in [-0.1, -0.05) is 42.5 Å². The van der Waals surface area contributed by atoms with E-state index in [2.05, 4.69) is 0 Å². The predicted octanol–water partition coefficient (Wildman–Crippen LogP) is 4.14. The number of carbonyl (C=O) groups is 1. The monoisotopic (exact) mass is 386 g/mol. The maximum atomic E-state index is 11.3. The van der Waals surface area contributed by atoms with Crippen LogP contribution >= 0.6 is 0 Å². The second-order valence-corrected chi connectivity index (χ2v) is 7.35. The molecule has 150 valence electrons. The number of aryl methyl sites for hydroxylation is 1. The molecule has 0 aromatic heterocycles. The summed E-state index contributed by atoms with van der Waals surface area (Å²) in [6, 6.07) is 15.6. The van der Waals surface area contributed by atoms with Crippen molar-refractivity contribution >= 4 is 11.8 Å². The summed E-state index contributed by atoms with van der Waals surface area (Å²) in [5, 5.41) is 21.4. The number of non-ortho nitro benzene ring substituents is 1. The Bertz CT molecular complexity index is 790. The first-order valence-corrected chi connectivity index (χ1v) is 9.14. The molecular weight excluding hydrogens is 360 g/mol. The summed E-state index contributed by atoms with van der Waals surface area (Å²) >= 11 is 0. The quantitative estimate of drug-likeness (QED) is 0.496. The third-order valence-electron chi connectivity index (χ3n) is 4.97. The van der Waals surface area contributed by atoms with Gasteiger partial charge in [0, 0.05) is 18.1 Å². The Morgan fingerprint density at radius 2 is 1.79 bits per heavy atom. The first-order valence-electron chi connectivity index (χ1n) is 9.14. The molecule has 0 bridgehead atoms. The number of primary amides is 1. The molecule has 0 aliphatic heterocycles. The number of nitrogens with two attached hydrogens (primary N) is 1. The molecular formula is C21H26N2O5. The highest BCUT2D eigenvalue weighted by Gasteiger charge is 2.34. The molecule has 7 heteroatoms. The van der Waals surface area contributed by atoms with E-state index in [1.807, 2.05) is 30.3 Å². The largest absolute Gasteiger partial charge is 0.443 e. The van der Waals surface area contributed by atoms with Crippen LogP contribution in [0.5, 0.6) is 0 Å². The number of amides is 1. The van der Waals surface area contributed by atoms with Gasteiger partial charge < -0.3 is 15.6 Å². The molecule has 7 nitrogen and oxygen atoms in total. The standard InChI is InChI=1S/C21H26N2O5/c1-21(2,28-20(22)25)17(14-19(24)16-6-4-3-5-7-16)11-8-15-9-12-18(13-10-15)23(26)27/h3-7,9-10,12-13,17,19,24H,8,11,14H2,1-2H3,(H2,22,25). The number of hydrogen-bond donors (Lipinski definition) is 2. The van der Waals surface area contributed by atoms with Crippen LogP contribution < -0.4 is 5.73 Å². The van der Waals surface area contributed by atoms with Crippen molar-refractivity contribution < 1.29 is 19.6 Å². The number of aliphatic hydroxyl groups excluding tert-OH is 1. The fraction of sp³-hybridized carbons (Fsp3) is 0.381. The number of nitro benzene ring substituents is 1. The number of aliphatic hydroxyl groups is 1. The highest BCUT2D eigenvalue weighted by atomic mass is 16.6. The number of ether oxygens (including phenoxy) is 1. The van der Waals surface area contributed by atoms with Crippen LogP contribution in [0.4, 0.5) is 10.5 Å². The summed E-state index contributed by atoms with van der Waals surface area (Å²) < 4.78 is 5.31. The van der Waals surface area contributed by atoms with E-state index in [1.165, 1.54) is 12.1 Å². The maximum Gasteiger partial charge on any atom is 0.405 e. The van der Waals surface area contributed by atoms with Crippen molar-refractivity contribution in [3.05, 3.63) is 75.8 Å². The lowest BCUT2D eigenvalue weighted by molar-refractivity contribution is -0.384. The van der Waals surface area contributed by atoms with Crippen LogP contribution in [0.3, 0.4) is 0 Å². The molecule has 3 N–H and O–H groups in total. The number of benzene rings is 2. The van der Waals surface area contributed by atoms with Crippen molar-refractivity contribution in [1.82, 2.24) is 0 Å². The van der Waals surface area contributed by atoms with Crippen molar-refractivity contribution in [2.24, 2.45) is 11.7 Å². The molecule has 0 fully saturated rings. The third kappa shape index (κ3) is 6.06. The van der Waals surface area contributed by atoms with E-state index in [1.54, 1.807) is 26.0 Å². The molecule has 0 radical (unpaired) electrons. The average Bonchev–Trinajstić information content (AvgIpc) is 2.64. The number of rotatable bonds is 9. The van der Waals surface area contributed by atoms with Crippen LogP contribution in [-0.4, -0.2) is 21.7 Å². The minimum Gasteiger partial charge on any atom is -0.443 e. The fourth-order valence-corrected chi connectivity index (χ4v) is 3.30. The van der Waals surface area contributed by atoms with Gasteiger partial charge in [-0.2, -0.15) is 0 Å². The van der Waals surface area contributed by atoms with Crippen molar-refractivity contribution in [3.8, 4) is 0 Å². The topological polar surface area (TPSA) is 116 Å². The summed E-state index contributed by atoms with van der Waals surface area (Å²) in [6.45, 7) is 3.55. The Labute approximate surface area is 164 Å². The van der Waals surface area contributed by atoms with Gasteiger partial charge in [0.05, 0.1) is 11.0 Å². The second kappa shape index (κ2) is 9.32. The molecule has 2 aromatic carbocycles. The molecule has 2 rings (SSSR count). The molecule has 1 amide bonds. The first kappa shape index (κ1) is 21.4. The van der Waals surface area contributed by atoms with Gasteiger partial charge in [0.2, 0.25) is 0 Å². The molecule has 0 saturated heterocycles. The molecule has 0 heterocycles. The minimum atomic E-state index is -0.873. The van der Waals surface area contributed by atoms with Crippen molar-refractivity contribution in [2.45, 2.75) is 44.8 Å². The van der Waals surface area contributed by atoms with Crippen LogP contribution in [0.1, 0.15) is 43.9 Å². The van der Waals surface area contributed by atoms with Crippen LogP contribution in [0.2, 0.25) is 0 Å². The smallest absolute Gasteiger partial charge is 0.405 e. The van der Waals surface area contributed by atoms with Gasteiger partial charge in [-0.15, -0.1) is 0 Å². The lowest BCUT2D eigenvalue weighted by atomic mass is 9.80. The first-order chi connectivity index (χ1) is 13.2. The SMILES string of the molecule is CC(C)(OC(N)=O)C(CCc1ccc([N+](=O)[O-])cc1)CC(O)c1ccccc1. The lowest BCUT2D eigenvalue weighted by Crippen LogP contribution is -2.39. The summed E-state index contributed by atoms with van der Waals surface area (Å²) in [7, 11) is 0. The van der Waals surface area contributed by atoms with Gasteiger partial charge in [0.15, 0.2) is 0 Å². The van der Waals surface area contributed by atoms with E-state index in [4.69, 9.17) is 10.5 Å². The summed E-state index contributed by atoms with van der Waals surface area (Å²) in [6.07, 6.45) is 0.0490. The molecule has 0 aliphatic rings. The Morgan fingerprint density at radius 3 is 2.32 bits per heavy atom. The van der Waals surface area contributed by atoms with Gasteiger partial charge in [-0.3, -0.25) is 10.1 Å². The zero-order valence-corrected chi connectivity index (χ0v) is 16.1. The number of nitro groups is 1. The zero-order valence-electron chi connectivity index (χ0n) is 16.1. The predicted molar refractivity (Wildman–Crippen MR) is 106 cm³/mol. The van der Waals surface area contributed by atoms with Crippen molar-refractivity contribution in [2.75, 3.05) is 0 Å². The Kier molecular flexibility index (Phi) is 7.12. The maximum absolute atomic E-state index is 11.3. The van der Waals surface area contributed by atoms with Gasteiger partial charge in [-0.25, -0.2) is 4.79 Å². The molecule has 2 atom stereocenters. The van der Waals surface area contributed by atoms with Crippen LogP contribution in [0.15, 0.2) is 54.6 Å². The Balaban J connectivity index is 2.13. The minimum absolute atomic E-state index is 0.0391. The highest BCUT2D eigenvalue weighted by Crippen LogP contribution is 2.34. The highest BCUT2D eigenvalue weighted by molar-refractivity contribution is 5.65. The Morgan fingerprint density at radius 1 is 1.18 bits per heavy atom. The van der Waals surface area contributed by atoms with Crippen LogP contribution in [-0.2, 0) is 11.2 Å². The van der Waals surface area contributed by atoms with E-state index >= 15 is 0 Å². The third-order valence-corrected chi connectivity index (χ3v) is 4.97. The van der Waals surface area contributed by atoms with Crippen LogP contribution in [0, 0.1) is 16.0 Å². The normalized spacial score (nSPS) is 13.5.